The minimum Gasteiger partial charge on any atom is -0.497 e. The van der Waals surface area contributed by atoms with Gasteiger partial charge >= 0.3 is 0 Å². The Labute approximate surface area is 167 Å². The molecule has 2 N–H and O–H groups in total. The fourth-order valence-electron chi connectivity index (χ4n) is 2.57. The summed E-state index contributed by atoms with van der Waals surface area (Å²) in [6.07, 6.45) is -0.0245. The summed E-state index contributed by atoms with van der Waals surface area (Å²) in [5.41, 5.74) is 2.36. The Hall–Kier alpha value is -2.73. The lowest BCUT2D eigenvalue weighted by molar-refractivity contribution is 0.134. The van der Waals surface area contributed by atoms with Gasteiger partial charge < -0.3 is 24.8 Å². The number of ether oxygens (including phenoxy) is 3. The standard InChI is InChI=1S/C22H31N3O3/c1-5-27-16-19-11-9-18(10-12-19)15-25-22(23-3)24-14-17(2)28-21-8-6-7-20(13-21)26-4/h6-13,17H,5,14-16H2,1-4H3,(H2,23,24,25). The van der Waals surface area contributed by atoms with Crippen molar-refractivity contribution < 1.29 is 14.2 Å². The van der Waals surface area contributed by atoms with E-state index in [1.807, 2.05) is 38.1 Å². The molecule has 0 heterocycles. The highest BCUT2D eigenvalue weighted by atomic mass is 16.5. The van der Waals surface area contributed by atoms with Gasteiger partial charge in [0.1, 0.15) is 17.6 Å². The maximum absolute atomic E-state index is 5.92. The summed E-state index contributed by atoms with van der Waals surface area (Å²) in [5.74, 6) is 2.30. The molecule has 0 bridgehead atoms. The smallest absolute Gasteiger partial charge is 0.191 e. The second-order valence-electron chi connectivity index (χ2n) is 6.37. The molecule has 0 spiro atoms. The third-order valence-electron chi connectivity index (χ3n) is 4.11. The molecule has 1 atom stereocenters. The number of nitrogens with zero attached hydrogens (tertiary/aromatic N) is 1. The zero-order valence-corrected chi connectivity index (χ0v) is 17.2. The van der Waals surface area contributed by atoms with Gasteiger partial charge in [0.15, 0.2) is 5.96 Å². The molecule has 0 aliphatic carbocycles. The van der Waals surface area contributed by atoms with Crippen LogP contribution < -0.4 is 20.1 Å². The number of aliphatic imine (C=N–C) groups is 1. The molecule has 2 aromatic carbocycles. The van der Waals surface area contributed by atoms with E-state index in [2.05, 4.69) is 39.9 Å². The van der Waals surface area contributed by atoms with E-state index in [1.165, 1.54) is 11.1 Å². The molecule has 0 amide bonds. The quantitative estimate of drug-likeness (QED) is 0.485. The van der Waals surface area contributed by atoms with Gasteiger partial charge in [-0.05, 0) is 37.1 Å². The minimum atomic E-state index is -0.0245. The number of nitrogens with one attached hydrogen (secondary N) is 2. The number of hydrogen-bond donors (Lipinski definition) is 2. The molecule has 0 aliphatic rings. The van der Waals surface area contributed by atoms with Crippen LogP contribution in [0.3, 0.4) is 0 Å². The highest BCUT2D eigenvalue weighted by Gasteiger charge is 2.07. The van der Waals surface area contributed by atoms with E-state index < -0.39 is 0 Å². The van der Waals surface area contributed by atoms with E-state index in [9.17, 15) is 0 Å². The molecule has 2 aromatic rings. The maximum atomic E-state index is 5.92. The van der Waals surface area contributed by atoms with Crippen LogP contribution in [0.1, 0.15) is 25.0 Å². The molecule has 1 unspecified atom stereocenters. The van der Waals surface area contributed by atoms with E-state index >= 15 is 0 Å². The molecule has 0 aromatic heterocycles. The molecule has 28 heavy (non-hydrogen) atoms. The molecular weight excluding hydrogens is 354 g/mol. The van der Waals surface area contributed by atoms with Crippen molar-refractivity contribution in [3.8, 4) is 11.5 Å². The van der Waals surface area contributed by atoms with Gasteiger partial charge in [-0.25, -0.2) is 0 Å². The van der Waals surface area contributed by atoms with Crippen LogP contribution in [0.4, 0.5) is 0 Å². The monoisotopic (exact) mass is 385 g/mol. The van der Waals surface area contributed by atoms with E-state index in [4.69, 9.17) is 14.2 Å². The van der Waals surface area contributed by atoms with Crippen LogP contribution in [-0.2, 0) is 17.9 Å². The van der Waals surface area contributed by atoms with Crippen LogP contribution in [0.25, 0.3) is 0 Å². The molecule has 6 heteroatoms. The molecular formula is C22H31N3O3. The van der Waals surface area contributed by atoms with Crippen molar-refractivity contribution >= 4 is 5.96 Å². The topological polar surface area (TPSA) is 64.1 Å². The van der Waals surface area contributed by atoms with Crippen LogP contribution in [0.5, 0.6) is 11.5 Å². The minimum absolute atomic E-state index is 0.0245. The lowest BCUT2D eigenvalue weighted by Crippen LogP contribution is -2.41. The first-order chi connectivity index (χ1) is 13.6. The Morgan fingerprint density at radius 2 is 1.75 bits per heavy atom. The maximum Gasteiger partial charge on any atom is 0.191 e. The Morgan fingerprint density at radius 1 is 1.04 bits per heavy atom. The Morgan fingerprint density at radius 3 is 2.43 bits per heavy atom. The fraction of sp³-hybridized carbons (Fsp3) is 0.409. The Kier molecular flexibility index (Phi) is 9.15. The number of guanidine groups is 1. The molecule has 0 saturated carbocycles. The van der Waals surface area contributed by atoms with Crippen molar-refractivity contribution in [1.82, 2.24) is 10.6 Å². The lowest BCUT2D eigenvalue weighted by Gasteiger charge is -2.18. The third-order valence-corrected chi connectivity index (χ3v) is 4.11. The normalized spacial score (nSPS) is 12.4. The molecule has 0 fully saturated rings. The molecule has 152 valence electrons. The van der Waals surface area contributed by atoms with Crippen LogP contribution in [0.2, 0.25) is 0 Å². The van der Waals surface area contributed by atoms with Crippen LogP contribution in [-0.4, -0.2) is 39.4 Å². The van der Waals surface area contributed by atoms with Crippen molar-refractivity contribution in [1.29, 1.82) is 0 Å². The molecule has 0 radical (unpaired) electrons. The van der Waals surface area contributed by atoms with Crippen LogP contribution in [0, 0.1) is 0 Å². The van der Waals surface area contributed by atoms with Crippen molar-refractivity contribution in [2.24, 2.45) is 4.99 Å². The molecule has 2 rings (SSSR count). The van der Waals surface area contributed by atoms with Gasteiger partial charge in [0, 0.05) is 26.3 Å². The van der Waals surface area contributed by atoms with E-state index in [0.29, 0.717) is 19.7 Å². The van der Waals surface area contributed by atoms with Gasteiger partial charge in [-0.3, -0.25) is 4.99 Å². The van der Waals surface area contributed by atoms with E-state index in [0.717, 1.165) is 24.1 Å². The van der Waals surface area contributed by atoms with Crippen molar-refractivity contribution in [3.05, 3.63) is 59.7 Å². The highest BCUT2D eigenvalue weighted by molar-refractivity contribution is 5.79. The van der Waals surface area contributed by atoms with Gasteiger partial charge in [0.2, 0.25) is 0 Å². The van der Waals surface area contributed by atoms with Gasteiger partial charge in [0.05, 0.1) is 20.3 Å². The summed E-state index contributed by atoms with van der Waals surface area (Å²) in [6, 6.07) is 16.0. The summed E-state index contributed by atoms with van der Waals surface area (Å²) in [4.78, 5) is 4.27. The van der Waals surface area contributed by atoms with E-state index in [-0.39, 0.29) is 6.10 Å². The zero-order chi connectivity index (χ0) is 20.2. The summed E-state index contributed by atoms with van der Waals surface area (Å²) < 4.78 is 16.6. The summed E-state index contributed by atoms with van der Waals surface area (Å²) in [5, 5.41) is 6.61. The first kappa shape index (κ1) is 21.6. The highest BCUT2D eigenvalue weighted by Crippen LogP contribution is 2.19. The van der Waals surface area contributed by atoms with Gasteiger partial charge in [-0.2, -0.15) is 0 Å². The van der Waals surface area contributed by atoms with Gasteiger partial charge in [0.25, 0.3) is 0 Å². The van der Waals surface area contributed by atoms with Crippen molar-refractivity contribution in [2.75, 3.05) is 27.3 Å². The van der Waals surface area contributed by atoms with Gasteiger partial charge in [-0.15, -0.1) is 0 Å². The zero-order valence-electron chi connectivity index (χ0n) is 17.2. The number of rotatable bonds is 10. The fourth-order valence-corrected chi connectivity index (χ4v) is 2.57. The summed E-state index contributed by atoms with van der Waals surface area (Å²) >= 11 is 0. The molecule has 0 aliphatic heterocycles. The lowest BCUT2D eigenvalue weighted by atomic mass is 10.1. The van der Waals surface area contributed by atoms with Crippen molar-refractivity contribution in [3.63, 3.8) is 0 Å². The molecule has 6 nitrogen and oxygen atoms in total. The summed E-state index contributed by atoms with van der Waals surface area (Å²) in [7, 11) is 3.40. The van der Waals surface area contributed by atoms with Gasteiger partial charge in [-0.1, -0.05) is 30.3 Å². The number of hydrogen-bond acceptors (Lipinski definition) is 4. The first-order valence-corrected chi connectivity index (χ1v) is 9.55. The average Bonchev–Trinajstić information content (AvgIpc) is 2.73. The third kappa shape index (κ3) is 7.48. The number of benzene rings is 2. The van der Waals surface area contributed by atoms with Crippen LogP contribution >= 0.6 is 0 Å². The Balaban J connectivity index is 1.75. The van der Waals surface area contributed by atoms with Crippen LogP contribution in [0.15, 0.2) is 53.5 Å². The second-order valence-corrected chi connectivity index (χ2v) is 6.37. The average molecular weight is 386 g/mol. The Bertz CT molecular complexity index is 732. The van der Waals surface area contributed by atoms with Crippen molar-refractivity contribution in [2.45, 2.75) is 33.1 Å². The van der Waals surface area contributed by atoms with E-state index in [1.54, 1.807) is 14.2 Å². The first-order valence-electron chi connectivity index (χ1n) is 9.55. The second kappa shape index (κ2) is 11.9. The molecule has 0 saturated heterocycles. The predicted octanol–water partition coefficient (Wildman–Crippen LogP) is 3.36. The summed E-state index contributed by atoms with van der Waals surface area (Å²) in [6.45, 7) is 6.71. The SMILES string of the molecule is CCOCc1ccc(CNC(=NC)NCC(C)Oc2cccc(OC)c2)cc1. The number of methoxy groups -OCH3 is 1. The predicted molar refractivity (Wildman–Crippen MR) is 113 cm³/mol. The largest absolute Gasteiger partial charge is 0.497 e.